The van der Waals surface area contributed by atoms with Gasteiger partial charge < -0.3 is 24.3 Å². The lowest BCUT2D eigenvalue weighted by Gasteiger charge is -2.30. The number of halogens is 1. The van der Waals surface area contributed by atoms with Crippen molar-refractivity contribution < 1.29 is 31.4 Å². The lowest BCUT2D eigenvalue weighted by Crippen LogP contribution is -2.30. The standard InChI is InChI=1S/C41H52N4O4S.CH3I.CH4O3S/c1-5-7-22-48-23-24-49-38-15-10-32(11-16-38)33-12-19-40-35(25-33)26-34(9-8-21-44(40)28-31(3)4)41(46)43-36-13-17-39(18-14-36)50(47)29-37-27-42-30-45(37)20-6-2;1-2;1-5(2,3)4/h10-19,25-27,30-31H,5-9,20-24,28-29H2,1-4H3,(H,43,46);1H3;1H3,(H,2,3,4)/b34-26+;;. The molecule has 0 fully saturated rings. The van der Waals surface area contributed by atoms with Crippen LogP contribution in [0.5, 0.6) is 5.75 Å². The van der Waals surface area contributed by atoms with Crippen LogP contribution in [0, 0.1) is 5.92 Å². The predicted octanol–water partition coefficient (Wildman–Crippen LogP) is 9.30. The number of carbonyl (C=O) groups excluding carboxylic acids is 1. The molecule has 0 radical (unpaired) electrons. The van der Waals surface area contributed by atoms with Crippen LogP contribution in [0.15, 0.2) is 89.7 Å². The normalized spacial score (nSPS) is 14.1. The first-order valence-corrected chi connectivity index (χ1v) is 24.7. The average Bonchev–Trinajstić information content (AvgIpc) is 3.61. The number of ether oxygens (including phenoxy) is 2. The highest BCUT2D eigenvalue weighted by Crippen LogP contribution is 2.33. The Bertz CT molecular complexity index is 1980. The van der Waals surface area contributed by atoms with E-state index in [2.05, 4.69) is 106 Å². The van der Waals surface area contributed by atoms with Crippen LogP contribution in [0.2, 0.25) is 0 Å². The zero-order chi connectivity index (χ0) is 41.8. The van der Waals surface area contributed by atoms with Gasteiger partial charge in [0.25, 0.3) is 16.0 Å². The van der Waals surface area contributed by atoms with Crippen LogP contribution in [-0.4, -0.2) is 76.7 Å². The van der Waals surface area contributed by atoms with Gasteiger partial charge in [0.1, 0.15) is 12.4 Å². The molecule has 1 aromatic heterocycles. The number of benzene rings is 3. The van der Waals surface area contributed by atoms with Crippen LogP contribution in [0.25, 0.3) is 17.2 Å². The number of nitrogens with zero attached hydrogens (tertiary/aromatic N) is 3. The number of alkyl halides is 1. The Balaban J connectivity index is 0.00000115. The van der Waals surface area contributed by atoms with E-state index in [0.717, 1.165) is 96.2 Å². The predicted molar refractivity (Wildman–Crippen MR) is 242 cm³/mol. The SMILES string of the molecule is CCCCOCCOc1ccc(-c2ccc3c(c2)/C=C(/C(=O)Nc2ccc(S(=O)Cc4cncn4CCC)cc2)CCCN3CC(C)C)cc1.CI.CS(=O)(=O)O. The highest BCUT2D eigenvalue weighted by Gasteiger charge is 2.20. The summed E-state index contributed by atoms with van der Waals surface area (Å²) in [5.74, 6) is 1.62. The van der Waals surface area contributed by atoms with Crippen LogP contribution in [-0.2, 0) is 42.7 Å². The lowest BCUT2D eigenvalue weighted by atomic mass is 9.96. The third kappa shape index (κ3) is 17.1. The van der Waals surface area contributed by atoms with Gasteiger partial charge in [-0.25, -0.2) is 4.98 Å². The number of nitrogens with one attached hydrogen (secondary N) is 1. The van der Waals surface area contributed by atoms with Crippen molar-refractivity contribution in [3.8, 4) is 16.9 Å². The number of fused-ring (bicyclic) bond motifs is 1. The molecular weight excluding hydrogens is 876 g/mol. The molecule has 11 nitrogen and oxygen atoms in total. The maximum absolute atomic E-state index is 13.7. The lowest BCUT2D eigenvalue weighted by molar-refractivity contribution is -0.112. The summed E-state index contributed by atoms with van der Waals surface area (Å²) in [7, 11) is -4.88. The zero-order valence-electron chi connectivity index (χ0n) is 34.1. The third-order valence-electron chi connectivity index (χ3n) is 8.69. The van der Waals surface area contributed by atoms with E-state index in [4.69, 9.17) is 14.0 Å². The summed E-state index contributed by atoms with van der Waals surface area (Å²) < 4.78 is 52.5. The second kappa shape index (κ2) is 25.0. The van der Waals surface area contributed by atoms with Crippen molar-refractivity contribution >= 4 is 66.9 Å². The van der Waals surface area contributed by atoms with Crippen LogP contribution < -0.4 is 15.0 Å². The van der Waals surface area contributed by atoms with Crippen molar-refractivity contribution in [3.05, 3.63) is 96.1 Å². The molecule has 5 rings (SSSR count). The Morgan fingerprint density at radius 1 is 0.982 bits per heavy atom. The summed E-state index contributed by atoms with van der Waals surface area (Å²) in [4.78, 5) is 23.1. The van der Waals surface area contributed by atoms with Crippen molar-refractivity contribution in [2.45, 2.75) is 77.0 Å². The molecule has 1 atom stereocenters. The minimum Gasteiger partial charge on any atom is -0.491 e. The average molecular weight is 935 g/mol. The number of anilines is 2. The number of rotatable bonds is 17. The van der Waals surface area contributed by atoms with Crippen molar-refractivity contribution in [1.29, 1.82) is 0 Å². The van der Waals surface area contributed by atoms with Gasteiger partial charge in [0.05, 0.1) is 41.4 Å². The molecule has 1 unspecified atom stereocenters. The van der Waals surface area contributed by atoms with Gasteiger partial charge in [-0.15, -0.1) is 0 Å². The van der Waals surface area contributed by atoms with Crippen LogP contribution in [0.1, 0.15) is 71.1 Å². The molecule has 0 bridgehead atoms. The van der Waals surface area contributed by atoms with Gasteiger partial charge in [-0.3, -0.25) is 13.6 Å². The molecule has 1 aliphatic heterocycles. The number of carbonyl (C=O) groups is 1. The van der Waals surface area contributed by atoms with Crippen LogP contribution in [0.3, 0.4) is 0 Å². The van der Waals surface area contributed by atoms with E-state index in [-0.39, 0.29) is 5.91 Å². The molecule has 0 saturated carbocycles. The van der Waals surface area contributed by atoms with E-state index in [1.54, 1.807) is 12.5 Å². The van der Waals surface area contributed by atoms with E-state index >= 15 is 0 Å². The molecule has 1 amide bonds. The number of unbranched alkanes of at least 4 members (excludes halogenated alkanes) is 1. The quantitative estimate of drug-likeness (QED) is 0.0459. The maximum Gasteiger partial charge on any atom is 0.261 e. The largest absolute Gasteiger partial charge is 0.491 e. The smallest absolute Gasteiger partial charge is 0.261 e. The topological polar surface area (TPSA) is 140 Å². The number of aryl methyl sites for hydroxylation is 1. The fraction of sp³-hybridized carbons (Fsp3) is 0.442. The van der Waals surface area contributed by atoms with Crippen molar-refractivity contribution in [2.24, 2.45) is 5.92 Å². The van der Waals surface area contributed by atoms with Gasteiger partial charge in [-0.1, -0.05) is 74.9 Å². The van der Waals surface area contributed by atoms with Crippen molar-refractivity contribution in [3.63, 3.8) is 0 Å². The molecular formula is C43H59IN4O7S2. The number of hydrogen-bond donors (Lipinski definition) is 2. The molecule has 0 saturated heterocycles. The van der Waals surface area contributed by atoms with Gasteiger partial charge in [0, 0.05) is 54.3 Å². The van der Waals surface area contributed by atoms with E-state index in [1.807, 2.05) is 41.3 Å². The first-order valence-electron chi connectivity index (χ1n) is 19.3. The second-order valence-corrected chi connectivity index (χ2v) is 16.9. The van der Waals surface area contributed by atoms with Crippen LogP contribution in [0.4, 0.5) is 11.4 Å². The number of amides is 1. The summed E-state index contributed by atoms with van der Waals surface area (Å²) >= 11 is 2.15. The van der Waals surface area contributed by atoms with Gasteiger partial charge in [-0.05, 0) is 108 Å². The van der Waals surface area contributed by atoms with Gasteiger partial charge >= 0.3 is 0 Å². The Morgan fingerprint density at radius 3 is 2.32 bits per heavy atom. The second-order valence-electron chi connectivity index (χ2n) is 14.0. The van der Waals surface area contributed by atoms with Gasteiger partial charge in [0.2, 0.25) is 0 Å². The molecule has 2 N–H and O–H groups in total. The summed E-state index contributed by atoms with van der Waals surface area (Å²) in [5, 5.41) is 3.10. The number of hydrogen-bond acceptors (Lipinski definition) is 8. The highest BCUT2D eigenvalue weighted by molar-refractivity contribution is 14.1. The molecule has 0 aliphatic carbocycles. The summed E-state index contributed by atoms with van der Waals surface area (Å²) in [6, 6.07) is 22.1. The minimum absolute atomic E-state index is 0.115. The molecule has 1 aliphatic rings. The number of imidazole rings is 1. The van der Waals surface area contributed by atoms with Crippen molar-refractivity contribution in [1.82, 2.24) is 9.55 Å². The highest BCUT2D eigenvalue weighted by atomic mass is 127. The Kier molecular flexibility index (Phi) is 21.0. The molecule has 14 heteroatoms. The summed E-state index contributed by atoms with van der Waals surface area (Å²) in [5.41, 5.74) is 6.73. The first-order chi connectivity index (χ1) is 27.3. The molecule has 312 valence electrons. The van der Waals surface area contributed by atoms with E-state index < -0.39 is 20.9 Å². The monoisotopic (exact) mass is 934 g/mol. The summed E-state index contributed by atoms with van der Waals surface area (Å²) in [6.45, 7) is 13.3. The Hall–Kier alpha value is -3.57. The zero-order valence-corrected chi connectivity index (χ0v) is 37.9. The fourth-order valence-electron chi connectivity index (χ4n) is 6.13. The van der Waals surface area contributed by atoms with Crippen molar-refractivity contribution in [2.75, 3.05) is 54.3 Å². The minimum atomic E-state index is -3.67. The molecule has 0 spiro atoms. The Morgan fingerprint density at radius 2 is 1.67 bits per heavy atom. The van der Waals surface area contributed by atoms with E-state index in [1.165, 1.54) is 0 Å². The first kappa shape index (κ1) is 47.8. The summed E-state index contributed by atoms with van der Waals surface area (Å²) in [6.07, 6.45) is 11.1. The Labute approximate surface area is 356 Å². The molecule has 3 aromatic carbocycles. The maximum atomic E-state index is 13.7. The third-order valence-corrected chi connectivity index (χ3v) is 10.0. The number of aromatic nitrogens is 2. The van der Waals surface area contributed by atoms with E-state index in [0.29, 0.717) is 43.2 Å². The molecule has 4 aromatic rings. The van der Waals surface area contributed by atoms with Crippen LogP contribution >= 0.6 is 22.6 Å². The fourth-order valence-corrected chi connectivity index (χ4v) is 7.24. The molecule has 2 heterocycles. The van der Waals surface area contributed by atoms with Gasteiger partial charge in [-0.2, -0.15) is 8.42 Å². The molecule has 57 heavy (non-hydrogen) atoms. The van der Waals surface area contributed by atoms with E-state index in [9.17, 15) is 17.4 Å². The van der Waals surface area contributed by atoms with Gasteiger partial charge in [0.15, 0.2) is 0 Å².